The Morgan fingerprint density at radius 3 is 2.22 bits per heavy atom. The molecule has 0 aromatic rings. The SMILES string of the molecule is CCCNCC(CC)N1CCN(S(C)(=O)=O)CC1. The summed E-state index contributed by atoms with van der Waals surface area (Å²) in [6, 6.07) is 0.526. The van der Waals surface area contributed by atoms with Gasteiger partial charge in [-0.2, -0.15) is 4.31 Å². The van der Waals surface area contributed by atoms with E-state index < -0.39 is 10.0 Å². The molecule has 1 unspecified atom stereocenters. The van der Waals surface area contributed by atoms with E-state index in [-0.39, 0.29) is 0 Å². The van der Waals surface area contributed by atoms with Crippen molar-refractivity contribution in [3.63, 3.8) is 0 Å². The van der Waals surface area contributed by atoms with Crippen LogP contribution in [0.4, 0.5) is 0 Å². The molecule has 0 bridgehead atoms. The maximum atomic E-state index is 11.4. The summed E-state index contributed by atoms with van der Waals surface area (Å²) in [6.07, 6.45) is 3.55. The Hall–Kier alpha value is -0.170. The Kier molecular flexibility index (Phi) is 6.55. The molecule has 6 heteroatoms. The van der Waals surface area contributed by atoms with Crippen LogP contribution in [-0.2, 0) is 10.0 Å². The molecule has 0 radical (unpaired) electrons. The van der Waals surface area contributed by atoms with Crippen LogP contribution in [-0.4, -0.2) is 69.2 Å². The number of piperazine rings is 1. The maximum Gasteiger partial charge on any atom is 0.211 e. The molecule has 0 amide bonds. The molecule has 0 aromatic heterocycles. The lowest BCUT2D eigenvalue weighted by Crippen LogP contribution is -2.53. The van der Waals surface area contributed by atoms with E-state index in [1.54, 1.807) is 4.31 Å². The van der Waals surface area contributed by atoms with Crippen LogP contribution < -0.4 is 5.32 Å². The van der Waals surface area contributed by atoms with Gasteiger partial charge in [0, 0.05) is 38.8 Å². The number of nitrogens with one attached hydrogen (secondary N) is 1. The summed E-state index contributed by atoms with van der Waals surface area (Å²) in [5, 5.41) is 3.45. The van der Waals surface area contributed by atoms with Crippen molar-refractivity contribution in [2.24, 2.45) is 0 Å². The molecule has 1 fully saturated rings. The molecule has 0 aliphatic carbocycles. The average molecular weight is 277 g/mol. The van der Waals surface area contributed by atoms with Gasteiger partial charge in [0.25, 0.3) is 0 Å². The zero-order valence-corrected chi connectivity index (χ0v) is 12.7. The van der Waals surface area contributed by atoms with Crippen LogP contribution in [0.1, 0.15) is 26.7 Å². The van der Waals surface area contributed by atoms with Crippen molar-refractivity contribution in [1.82, 2.24) is 14.5 Å². The summed E-state index contributed by atoms with van der Waals surface area (Å²) in [5.41, 5.74) is 0. The van der Waals surface area contributed by atoms with Gasteiger partial charge in [-0.05, 0) is 19.4 Å². The van der Waals surface area contributed by atoms with Gasteiger partial charge in [0.1, 0.15) is 0 Å². The highest BCUT2D eigenvalue weighted by molar-refractivity contribution is 7.88. The lowest BCUT2D eigenvalue weighted by molar-refractivity contribution is 0.132. The zero-order chi connectivity index (χ0) is 13.6. The van der Waals surface area contributed by atoms with Gasteiger partial charge in [0.2, 0.25) is 10.0 Å². The van der Waals surface area contributed by atoms with Crippen molar-refractivity contribution in [3.8, 4) is 0 Å². The summed E-state index contributed by atoms with van der Waals surface area (Å²) >= 11 is 0. The van der Waals surface area contributed by atoms with Crippen molar-refractivity contribution >= 4 is 10.0 Å². The third-order valence-corrected chi connectivity index (χ3v) is 4.84. The Morgan fingerprint density at radius 1 is 1.17 bits per heavy atom. The van der Waals surface area contributed by atoms with Crippen LogP contribution in [0.25, 0.3) is 0 Å². The number of hydrogen-bond acceptors (Lipinski definition) is 4. The molecule has 0 saturated carbocycles. The van der Waals surface area contributed by atoms with Gasteiger partial charge in [-0.1, -0.05) is 13.8 Å². The number of nitrogens with zero attached hydrogens (tertiary/aromatic N) is 2. The topological polar surface area (TPSA) is 52.6 Å². The highest BCUT2D eigenvalue weighted by Crippen LogP contribution is 2.11. The maximum absolute atomic E-state index is 11.4. The normalized spacial score (nSPS) is 21.1. The minimum Gasteiger partial charge on any atom is -0.315 e. The quantitative estimate of drug-likeness (QED) is 0.682. The first kappa shape index (κ1) is 15.9. The van der Waals surface area contributed by atoms with E-state index in [1.807, 2.05) is 0 Å². The van der Waals surface area contributed by atoms with Gasteiger partial charge in [-0.25, -0.2) is 8.42 Å². The first-order chi connectivity index (χ1) is 8.49. The Bertz CT molecular complexity index is 324. The molecule has 1 atom stereocenters. The molecule has 0 aromatic carbocycles. The molecule has 18 heavy (non-hydrogen) atoms. The standard InChI is InChI=1S/C12H27N3O2S/c1-4-6-13-11-12(5-2)14-7-9-15(10-8-14)18(3,16)17/h12-13H,4-11H2,1-3H3. The molecule has 1 rings (SSSR count). The minimum atomic E-state index is -3.01. The van der Waals surface area contributed by atoms with Crippen LogP contribution in [0.3, 0.4) is 0 Å². The number of rotatable bonds is 7. The second kappa shape index (κ2) is 7.43. The molecule has 5 nitrogen and oxygen atoms in total. The predicted molar refractivity (Wildman–Crippen MR) is 75.2 cm³/mol. The fourth-order valence-corrected chi connectivity index (χ4v) is 3.20. The Labute approximate surface area is 112 Å². The van der Waals surface area contributed by atoms with Crippen LogP contribution in [0.2, 0.25) is 0 Å². The lowest BCUT2D eigenvalue weighted by atomic mass is 10.1. The number of hydrogen-bond donors (Lipinski definition) is 1. The Balaban J connectivity index is 2.40. The second-order valence-corrected chi connectivity index (χ2v) is 6.95. The van der Waals surface area contributed by atoms with Crippen LogP contribution in [0.15, 0.2) is 0 Å². The van der Waals surface area contributed by atoms with Gasteiger partial charge in [0.05, 0.1) is 6.26 Å². The van der Waals surface area contributed by atoms with Crippen molar-refractivity contribution in [2.75, 3.05) is 45.5 Å². The van der Waals surface area contributed by atoms with Crippen LogP contribution in [0.5, 0.6) is 0 Å². The van der Waals surface area contributed by atoms with E-state index in [1.165, 1.54) is 6.26 Å². The largest absolute Gasteiger partial charge is 0.315 e. The predicted octanol–water partition coefficient (Wildman–Crippen LogP) is 0.342. The number of sulfonamides is 1. The van der Waals surface area contributed by atoms with Gasteiger partial charge in [-0.3, -0.25) is 4.90 Å². The summed E-state index contributed by atoms with van der Waals surface area (Å²) in [6.45, 7) is 9.37. The molecule has 1 N–H and O–H groups in total. The molecule has 1 saturated heterocycles. The highest BCUT2D eigenvalue weighted by atomic mass is 32.2. The van der Waals surface area contributed by atoms with E-state index >= 15 is 0 Å². The van der Waals surface area contributed by atoms with Crippen molar-refractivity contribution in [1.29, 1.82) is 0 Å². The van der Waals surface area contributed by atoms with E-state index in [9.17, 15) is 8.42 Å². The Morgan fingerprint density at radius 2 is 1.78 bits per heavy atom. The fourth-order valence-electron chi connectivity index (χ4n) is 2.38. The van der Waals surface area contributed by atoms with Crippen molar-refractivity contribution in [3.05, 3.63) is 0 Å². The lowest BCUT2D eigenvalue weighted by Gasteiger charge is -2.38. The van der Waals surface area contributed by atoms with Crippen molar-refractivity contribution in [2.45, 2.75) is 32.7 Å². The monoisotopic (exact) mass is 277 g/mol. The average Bonchev–Trinajstić information content (AvgIpc) is 2.34. The van der Waals surface area contributed by atoms with Gasteiger partial charge in [-0.15, -0.1) is 0 Å². The summed E-state index contributed by atoms with van der Waals surface area (Å²) in [5.74, 6) is 0. The molecule has 108 valence electrons. The van der Waals surface area contributed by atoms with E-state index in [0.29, 0.717) is 19.1 Å². The first-order valence-electron chi connectivity index (χ1n) is 6.89. The molecule has 0 spiro atoms. The van der Waals surface area contributed by atoms with Crippen LogP contribution in [0, 0.1) is 0 Å². The third kappa shape index (κ3) is 4.84. The smallest absolute Gasteiger partial charge is 0.211 e. The van der Waals surface area contributed by atoms with Gasteiger partial charge in [0.15, 0.2) is 0 Å². The van der Waals surface area contributed by atoms with Gasteiger partial charge < -0.3 is 5.32 Å². The summed E-state index contributed by atoms with van der Waals surface area (Å²) in [4.78, 5) is 2.41. The summed E-state index contributed by atoms with van der Waals surface area (Å²) < 4.78 is 24.5. The first-order valence-corrected chi connectivity index (χ1v) is 8.73. The second-order valence-electron chi connectivity index (χ2n) is 4.96. The van der Waals surface area contributed by atoms with E-state index in [2.05, 4.69) is 24.1 Å². The molecule has 1 heterocycles. The molecular weight excluding hydrogens is 250 g/mol. The molecule has 1 aliphatic rings. The third-order valence-electron chi connectivity index (χ3n) is 3.54. The summed E-state index contributed by atoms with van der Waals surface area (Å²) in [7, 11) is -3.01. The zero-order valence-electron chi connectivity index (χ0n) is 11.9. The van der Waals surface area contributed by atoms with E-state index in [0.717, 1.165) is 39.0 Å². The van der Waals surface area contributed by atoms with E-state index in [4.69, 9.17) is 0 Å². The highest BCUT2D eigenvalue weighted by Gasteiger charge is 2.26. The van der Waals surface area contributed by atoms with Gasteiger partial charge >= 0.3 is 0 Å². The van der Waals surface area contributed by atoms with Crippen molar-refractivity contribution < 1.29 is 8.42 Å². The molecular formula is C12H27N3O2S. The van der Waals surface area contributed by atoms with Crippen LogP contribution >= 0.6 is 0 Å². The minimum absolute atomic E-state index is 0.526. The molecule has 1 aliphatic heterocycles. The fraction of sp³-hybridized carbons (Fsp3) is 1.00.